The minimum atomic E-state index is 0.940. The van der Waals surface area contributed by atoms with Gasteiger partial charge in [0.05, 0.1) is 0 Å². The lowest BCUT2D eigenvalue weighted by atomic mass is 9.71. The average Bonchev–Trinajstić information content (AvgIpc) is 2.23. The zero-order chi connectivity index (χ0) is 10.7. The van der Waals surface area contributed by atoms with Crippen molar-refractivity contribution in [2.75, 3.05) is 0 Å². The van der Waals surface area contributed by atoms with Crippen molar-refractivity contribution in [3.05, 3.63) is 42.0 Å². The summed E-state index contributed by atoms with van der Waals surface area (Å²) in [6, 6.07) is 8.77. The minimum Gasteiger partial charge on any atom is -0.0985 e. The fourth-order valence-corrected chi connectivity index (χ4v) is 2.55. The Morgan fingerprint density at radius 1 is 1.33 bits per heavy atom. The van der Waals surface area contributed by atoms with Gasteiger partial charge in [-0.15, -0.1) is 0 Å². The van der Waals surface area contributed by atoms with Crippen LogP contribution in [0, 0.1) is 11.8 Å². The summed E-state index contributed by atoms with van der Waals surface area (Å²) in [5, 5.41) is 0. The van der Waals surface area contributed by atoms with E-state index in [-0.39, 0.29) is 0 Å². The van der Waals surface area contributed by atoms with E-state index in [0.29, 0.717) is 0 Å². The van der Waals surface area contributed by atoms with Crippen LogP contribution in [0.25, 0.3) is 6.08 Å². The SMILES string of the molecule is C=Cc1cccc(CC2CC(CC)C2)c1. The summed E-state index contributed by atoms with van der Waals surface area (Å²) >= 11 is 0. The highest BCUT2D eigenvalue weighted by atomic mass is 14.3. The molecule has 0 aromatic heterocycles. The molecule has 1 aromatic rings. The first-order chi connectivity index (χ1) is 7.31. The van der Waals surface area contributed by atoms with Crippen LogP contribution in [0.3, 0.4) is 0 Å². The molecule has 0 saturated heterocycles. The molecular formula is C15H20. The molecule has 80 valence electrons. The fraction of sp³-hybridized carbons (Fsp3) is 0.467. The molecule has 0 aliphatic heterocycles. The number of rotatable bonds is 4. The van der Waals surface area contributed by atoms with Gasteiger partial charge in [0.15, 0.2) is 0 Å². The molecule has 0 heterocycles. The molecule has 1 aromatic carbocycles. The van der Waals surface area contributed by atoms with Crippen LogP contribution < -0.4 is 0 Å². The third-order valence-electron chi connectivity index (χ3n) is 3.62. The van der Waals surface area contributed by atoms with E-state index in [4.69, 9.17) is 0 Å². The van der Waals surface area contributed by atoms with Crippen LogP contribution in [0.15, 0.2) is 30.8 Å². The van der Waals surface area contributed by atoms with Gasteiger partial charge in [-0.2, -0.15) is 0 Å². The predicted octanol–water partition coefficient (Wildman–Crippen LogP) is 4.31. The van der Waals surface area contributed by atoms with E-state index in [9.17, 15) is 0 Å². The van der Waals surface area contributed by atoms with Crippen LogP contribution >= 0.6 is 0 Å². The molecule has 15 heavy (non-hydrogen) atoms. The highest BCUT2D eigenvalue weighted by Gasteiger charge is 2.27. The van der Waals surface area contributed by atoms with Gasteiger partial charge in [0.1, 0.15) is 0 Å². The maximum absolute atomic E-state index is 3.81. The molecule has 0 atom stereocenters. The molecule has 1 aliphatic carbocycles. The predicted molar refractivity (Wildman–Crippen MR) is 66.7 cm³/mol. The van der Waals surface area contributed by atoms with Gasteiger partial charge < -0.3 is 0 Å². The van der Waals surface area contributed by atoms with E-state index in [0.717, 1.165) is 11.8 Å². The Balaban J connectivity index is 1.91. The second kappa shape index (κ2) is 4.65. The minimum absolute atomic E-state index is 0.940. The van der Waals surface area contributed by atoms with Crippen LogP contribution in [-0.2, 0) is 6.42 Å². The molecular weight excluding hydrogens is 180 g/mol. The van der Waals surface area contributed by atoms with E-state index in [2.05, 4.69) is 37.8 Å². The van der Waals surface area contributed by atoms with Crippen molar-refractivity contribution in [3.63, 3.8) is 0 Å². The molecule has 0 amide bonds. The second-order valence-electron chi connectivity index (χ2n) is 4.76. The van der Waals surface area contributed by atoms with Gasteiger partial charge in [0, 0.05) is 0 Å². The van der Waals surface area contributed by atoms with Crippen molar-refractivity contribution >= 4 is 6.08 Å². The molecule has 0 heteroatoms. The van der Waals surface area contributed by atoms with E-state index >= 15 is 0 Å². The number of benzene rings is 1. The van der Waals surface area contributed by atoms with E-state index < -0.39 is 0 Å². The number of hydrogen-bond donors (Lipinski definition) is 0. The zero-order valence-electron chi connectivity index (χ0n) is 9.58. The fourth-order valence-electron chi connectivity index (χ4n) is 2.55. The van der Waals surface area contributed by atoms with Crippen molar-refractivity contribution in [1.29, 1.82) is 0 Å². The van der Waals surface area contributed by atoms with Gasteiger partial charge in [-0.1, -0.05) is 50.3 Å². The van der Waals surface area contributed by atoms with Gasteiger partial charge in [0.25, 0.3) is 0 Å². The summed E-state index contributed by atoms with van der Waals surface area (Å²) in [5.41, 5.74) is 2.73. The first kappa shape index (κ1) is 10.5. The van der Waals surface area contributed by atoms with E-state index in [1.54, 1.807) is 0 Å². The monoisotopic (exact) mass is 200 g/mol. The average molecular weight is 200 g/mol. The van der Waals surface area contributed by atoms with Crippen LogP contribution in [0.5, 0.6) is 0 Å². The van der Waals surface area contributed by atoms with Crippen LogP contribution in [0.1, 0.15) is 37.3 Å². The molecule has 0 N–H and O–H groups in total. The molecule has 0 nitrogen and oxygen atoms in total. The highest BCUT2D eigenvalue weighted by Crippen LogP contribution is 2.37. The Morgan fingerprint density at radius 3 is 2.80 bits per heavy atom. The Hall–Kier alpha value is -1.04. The lowest BCUT2D eigenvalue weighted by molar-refractivity contribution is 0.187. The molecule has 1 saturated carbocycles. The first-order valence-electron chi connectivity index (χ1n) is 6.03. The summed E-state index contributed by atoms with van der Waals surface area (Å²) in [5.74, 6) is 1.95. The Bertz CT molecular complexity index is 332. The number of hydrogen-bond acceptors (Lipinski definition) is 0. The van der Waals surface area contributed by atoms with Crippen molar-refractivity contribution in [2.45, 2.75) is 32.6 Å². The summed E-state index contributed by atoms with van der Waals surface area (Å²) in [4.78, 5) is 0. The van der Waals surface area contributed by atoms with Crippen molar-refractivity contribution in [3.8, 4) is 0 Å². The molecule has 2 rings (SSSR count). The summed E-state index contributed by atoms with van der Waals surface area (Å²) in [6.45, 7) is 6.12. The van der Waals surface area contributed by atoms with Gasteiger partial charge in [-0.25, -0.2) is 0 Å². The standard InChI is InChI=1S/C15H20/c1-3-12-6-5-7-14(8-12)11-15-9-13(4-2)10-15/h3,5-8,13,15H,1,4,9-11H2,2H3. The maximum Gasteiger partial charge on any atom is -0.0250 e. The Kier molecular flexibility index (Phi) is 3.25. The molecule has 0 bridgehead atoms. The Labute approximate surface area is 93.0 Å². The second-order valence-corrected chi connectivity index (χ2v) is 4.76. The Morgan fingerprint density at radius 2 is 2.13 bits per heavy atom. The summed E-state index contributed by atoms with van der Waals surface area (Å²) in [7, 11) is 0. The highest BCUT2D eigenvalue weighted by molar-refractivity contribution is 5.47. The normalized spacial score (nSPS) is 24.6. The van der Waals surface area contributed by atoms with Crippen LogP contribution in [0.2, 0.25) is 0 Å². The molecule has 0 radical (unpaired) electrons. The van der Waals surface area contributed by atoms with Gasteiger partial charge >= 0.3 is 0 Å². The quantitative estimate of drug-likeness (QED) is 0.679. The summed E-state index contributed by atoms with van der Waals surface area (Å²) in [6.07, 6.45) is 7.43. The van der Waals surface area contributed by atoms with E-state index in [1.165, 1.54) is 36.8 Å². The van der Waals surface area contributed by atoms with Crippen molar-refractivity contribution < 1.29 is 0 Å². The molecule has 1 fully saturated rings. The molecule has 0 unspecified atom stereocenters. The van der Waals surface area contributed by atoms with Gasteiger partial charge in [-0.3, -0.25) is 0 Å². The van der Waals surface area contributed by atoms with E-state index in [1.807, 2.05) is 6.08 Å². The third kappa shape index (κ3) is 2.50. The van der Waals surface area contributed by atoms with Gasteiger partial charge in [-0.05, 0) is 42.2 Å². The van der Waals surface area contributed by atoms with Crippen molar-refractivity contribution in [1.82, 2.24) is 0 Å². The third-order valence-corrected chi connectivity index (χ3v) is 3.62. The maximum atomic E-state index is 3.81. The van der Waals surface area contributed by atoms with Crippen LogP contribution in [-0.4, -0.2) is 0 Å². The van der Waals surface area contributed by atoms with Crippen molar-refractivity contribution in [2.24, 2.45) is 11.8 Å². The topological polar surface area (TPSA) is 0 Å². The molecule has 1 aliphatic rings. The largest absolute Gasteiger partial charge is 0.0985 e. The lowest BCUT2D eigenvalue weighted by Gasteiger charge is -2.34. The van der Waals surface area contributed by atoms with Gasteiger partial charge in [0.2, 0.25) is 0 Å². The smallest absolute Gasteiger partial charge is 0.0250 e. The molecule has 0 spiro atoms. The zero-order valence-corrected chi connectivity index (χ0v) is 9.58. The lowest BCUT2D eigenvalue weighted by Crippen LogP contribution is -2.24. The summed E-state index contributed by atoms with van der Waals surface area (Å²) < 4.78 is 0. The first-order valence-corrected chi connectivity index (χ1v) is 6.03. The van der Waals surface area contributed by atoms with Crippen LogP contribution in [0.4, 0.5) is 0 Å².